The highest BCUT2D eigenvalue weighted by Gasteiger charge is 2.14. The maximum absolute atomic E-state index is 12.8. The number of carbonyl (C=O) groups excluding carboxylic acids is 1. The van der Waals surface area contributed by atoms with E-state index in [1.807, 2.05) is 30.3 Å². The summed E-state index contributed by atoms with van der Waals surface area (Å²) in [5.74, 6) is -0.0633. The highest BCUT2D eigenvalue weighted by Crippen LogP contribution is 2.27. The van der Waals surface area contributed by atoms with Gasteiger partial charge in [0.05, 0.1) is 16.8 Å². The molecule has 0 aliphatic heterocycles. The standard InChI is InChI=1S/C22H25N3O.2ClH/c1-15-9-10-17(16(2)13-15)21-14-19(22(26)24-12-6-5-11-23)18-7-3-4-8-20(18)25-21;;/h3-4,7-10,13-14H,5-6,11-12,23H2,1-2H3,(H,24,26);2*1H. The number of aromatic nitrogens is 1. The Kier molecular flexibility index (Phi) is 9.39. The van der Waals surface area contributed by atoms with Crippen molar-refractivity contribution in [3.63, 3.8) is 0 Å². The van der Waals surface area contributed by atoms with Crippen LogP contribution in [0.2, 0.25) is 0 Å². The van der Waals surface area contributed by atoms with Gasteiger partial charge in [0.2, 0.25) is 0 Å². The first-order valence-electron chi connectivity index (χ1n) is 9.06. The normalized spacial score (nSPS) is 10.1. The first kappa shape index (κ1) is 23.9. The highest BCUT2D eigenvalue weighted by molar-refractivity contribution is 6.07. The van der Waals surface area contributed by atoms with E-state index in [1.165, 1.54) is 5.56 Å². The molecule has 150 valence electrons. The fourth-order valence-electron chi connectivity index (χ4n) is 3.17. The van der Waals surface area contributed by atoms with Crippen LogP contribution in [0.5, 0.6) is 0 Å². The second-order valence-electron chi connectivity index (χ2n) is 6.64. The minimum absolute atomic E-state index is 0. The molecule has 0 spiro atoms. The number of fused-ring (bicyclic) bond motifs is 1. The molecule has 3 N–H and O–H groups in total. The molecule has 0 aliphatic rings. The van der Waals surface area contributed by atoms with Crippen molar-refractivity contribution in [3.8, 4) is 11.3 Å². The molecule has 0 radical (unpaired) electrons. The number of amides is 1. The molecule has 0 saturated carbocycles. The summed E-state index contributed by atoms with van der Waals surface area (Å²) in [5, 5.41) is 3.88. The van der Waals surface area contributed by atoms with Gasteiger partial charge in [-0.25, -0.2) is 4.98 Å². The van der Waals surface area contributed by atoms with Crippen LogP contribution >= 0.6 is 24.8 Å². The van der Waals surface area contributed by atoms with E-state index in [2.05, 4.69) is 37.4 Å². The van der Waals surface area contributed by atoms with E-state index in [4.69, 9.17) is 10.7 Å². The number of nitrogens with two attached hydrogens (primary N) is 1. The molecule has 6 heteroatoms. The second-order valence-corrected chi connectivity index (χ2v) is 6.64. The van der Waals surface area contributed by atoms with Gasteiger partial charge in [-0.3, -0.25) is 4.79 Å². The van der Waals surface area contributed by atoms with Gasteiger partial charge >= 0.3 is 0 Å². The Labute approximate surface area is 178 Å². The lowest BCUT2D eigenvalue weighted by Gasteiger charge is -2.12. The van der Waals surface area contributed by atoms with Crippen LogP contribution in [-0.2, 0) is 0 Å². The van der Waals surface area contributed by atoms with Gasteiger partial charge < -0.3 is 11.1 Å². The molecule has 0 fully saturated rings. The Morgan fingerprint density at radius 2 is 1.79 bits per heavy atom. The molecule has 0 bridgehead atoms. The van der Waals surface area contributed by atoms with Crippen LogP contribution < -0.4 is 11.1 Å². The molecule has 0 saturated heterocycles. The van der Waals surface area contributed by atoms with Crippen molar-refractivity contribution >= 4 is 41.6 Å². The summed E-state index contributed by atoms with van der Waals surface area (Å²) in [6.07, 6.45) is 1.79. The van der Waals surface area contributed by atoms with Gasteiger partial charge in [-0.2, -0.15) is 0 Å². The van der Waals surface area contributed by atoms with Crippen LogP contribution in [0.3, 0.4) is 0 Å². The van der Waals surface area contributed by atoms with E-state index in [1.54, 1.807) is 0 Å². The maximum Gasteiger partial charge on any atom is 0.252 e. The summed E-state index contributed by atoms with van der Waals surface area (Å²) in [6, 6.07) is 16.0. The molecule has 0 atom stereocenters. The van der Waals surface area contributed by atoms with E-state index in [9.17, 15) is 4.79 Å². The van der Waals surface area contributed by atoms with Gasteiger partial charge in [0.1, 0.15) is 0 Å². The van der Waals surface area contributed by atoms with E-state index < -0.39 is 0 Å². The molecular formula is C22H27Cl2N3O. The van der Waals surface area contributed by atoms with E-state index in [-0.39, 0.29) is 30.7 Å². The highest BCUT2D eigenvalue weighted by atomic mass is 35.5. The molecule has 1 aromatic heterocycles. The van der Waals surface area contributed by atoms with Crippen molar-refractivity contribution in [2.24, 2.45) is 5.73 Å². The summed E-state index contributed by atoms with van der Waals surface area (Å²) in [5.41, 5.74) is 11.3. The monoisotopic (exact) mass is 419 g/mol. The van der Waals surface area contributed by atoms with E-state index in [0.29, 0.717) is 18.7 Å². The summed E-state index contributed by atoms with van der Waals surface area (Å²) >= 11 is 0. The number of rotatable bonds is 6. The minimum Gasteiger partial charge on any atom is -0.352 e. The molecular weight excluding hydrogens is 393 g/mol. The van der Waals surface area contributed by atoms with Crippen LogP contribution in [0.25, 0.3) is 22.2 Å². The quantitative estimate of drug-likeness (QED) is 0.562. The lowest BCUT2D eigenvalue weighted by atomic mass is 9.99. The van der Waals surface area contributed by atoms with Crippen LogP contribution in [0, 0.1) is 13.8 Å². The Morgan fingerprint density at radius 1 is 1.04 bits per heavy atom. The Balaban J connectivity index is 0.00000196. The number of para-hydroxylation sites is 1. The smallest absolute Gasteiger partial charge is 0.252 e. The minimum atomic E-state index is -0.0633. The molecule has 2 aromatic carbocycles. The number of hydrogen-bond donors (Lipinski definition) is 2. The number of unbranched alkanes of at least 4 members (excludes halogenated alkanes) is 1. The van der Waals surface area contributed by atoms with Crippen molar-refractivity contribution in [1.29, 1.82) is 0 Å². The van der Waals surface area contributed by atoms with Crippen LogP contribution in [0.1, 0.15) is 34.3 Å². The zero-order valence-corrected chi connectivity index (χ0v) is 17.8. The van der Waals surface area contributed by atoms with Crippen LogP contribution in [0.15, 0.2) is 48.5 Å². The molecule has 0 unspecified atom stereocenters. The molecule has 3 rings (SSSR count). The van der Waals surface area contributed by atoms with E-state index in [0.717, 1.165) is 40.6 Å². The van der Waals surface area contributed by atoms with Gasteiger partial charge in [-0.05, 0) is 50.9 Å². The molecule has 1 heterocycles. The van der Waals surface area contributed by atoms with Crippen molar-refractivity contribution in [2.75, 3.05) is 13.1 Å². The van der Waals surface area contributed by atoms with Gasteiger partial charge in [0.15, 0.2) is 0 Å². The average molecular weight is 420 g/mol. The summed E-state index contributed by atoms with van der Waals surface area (Å²) in [4.78, 5) is 17.6. The second kappa shape index (κ2) is 11.0. The molecule has 0 aliphatic carbocycles. The molecule has 4 nitrogen and oxygen atoms in total. The largest absolute Gasteiger partial charge is 0.352 e. The Morgan fingerprint density at radius 3 is 2.50 bits per heavy atom. The number of halogens is 2. The van der Waals surface area contributed by atoms with Crippen LogP contribution in [-0.4, -0.2) is 24.0 Å². The fraction of sp³-hybridized carbons (Fsp3) is 0.273. The van der Waals surface area contributed by atoms with Gasteiger partial charge in [-0.1, -0.05) is 42.0 Å². The van der Waals surface area contributed by atoms with Crippen molar-refractivity contribution < 1.29 is 4.79 Å². The van der Waals surface area contributed by atoms with Crippen molar-refractivity contribution in [3.05, 3.63) is 65.2 Å². The van der Waals surface area contributed by atoms with Crippen LogP contribution in [0.4, 0.5) is 0 Å². The predicted molar refractivity (Wildman–Crippen MR) is 122 cm³/mol. The first-order valence-corrected chi connectivity index (χ1v) is 9.06. The Hall–Kier alpha value is -2.14. The number of hydrogen-bond acceptors (Lipinski definition) is 3. The fourth-order valence-corrected chi connectivity index (χ4v) is 3.17. The molecule has 3 aromatic rings. The van der Waals surface area contributed by atoms with Crippen molar-refractivity contribution in [1.82, 2.24) is 10.3 Å². The lowest BCUT2D eigenvalue weighted by molar-refractivity contribution is 0.0954. The number of pyridine rings is 1. The maximum atomic E-state index is 12.8. The average Bonchev–Trinajstić information content (AvgIpc) is 2.64. The zero-order chi connectivity index (χ0) is 18.5. The van der Waals surface area contributed by atoms with Gasteiger partial charge in [0, 0.05) is 17.5 Å². The van der Waals surface area contributed by atoms with Gasteiger partial charge in [0.25, 0.3) is 5.91 Å². The summed E-state index contributed by atoms with van der Waals surface area (Å²) in [7, 11) is 0. The number of nitrogens with one attached hydrogen (secondary N) is 1. The summed E-state index contributed by atoms with van der Waals surface area (Å²) < 4.78 is 0. The van der Waals surface area contributed by atoms with E-state index >= 15 is 0 Å². The predicted octanol–water partition coefficient (Wildman–Crippen LogP) is 4.83. The number of aryl methyl sites for hydroxylation is 2. The number of benzene rings is 2. The third-order valence-corrected chi connectivity index (χ3v) is 4.54. The summed E-state index contributed by atoms with van der Waals surface area (Å²) in [6.45, 7) is 5.42. The number of nitrogens with zero attached hydrogens (tertiary/aromatic N) is 1. The third-order valence-electron chi connectivity index (χ3n) is 4.54. The van der Waals surface area contributed by atoms with Crippen molar-refractivity contribution in [2.45, 2.75) is 26.7 Å². The van der Waals surface area contributed by atoms with Gasteiger partial charge in [-0.15, -0.1) is 24.8 Å². The number of carbonyl (C=O) groups is 1. The topological polar surface area (TPSA) is 68.0 Å². The lowest BCUT2D eigenvalue weighted by Crippen LogP contribution is -2.25. The Bertz CT molecular complexity index is 944. The zero-order valence-electron chi connectivity index (χ0n) is 16.2. The SMILES string of the molecule is Cc1ccc(-c2cc(C(=O)NCCCCN)c3ccccc3n2)c(C)c1.Cl.Cl. The third kappa shape index (κ3) is 5.44. The first-order chi connectivity index (χ1) is 12.6. The molecule has 1 amide bonds. The molecule has 28 heavy (non-hydrogen) atoms.